The van der Waals surface area contributed by atoms with Gasteiger partial charge in [-0.1, -0.05) is 31.4 Å². The van der Waals surface area contributed by atoms with Crippen LogP contribution in [0.2, 0.25) is 5.02 Å². The molecule has 11 heteroatoms. The molecule has 0 bridgehead atoms. The van der Waals surface area contributed by atoms with Crippen LogP contribution in [-0.4, -0.2) is 60.2 Å². The summed E-state index contributed by atoms with van der Waals surface area (Å²) in [6.07, 6.45) is 4.98. The van der Waals surface area contributed by atoms with Gasteiger partial charge >= 0.3 is 11.9 Å². The van der Waals surface area contributed by atoms with E-state index in [1.165, 1.54) is 32.6 Å². The molecule has 0 radical (unpaired) electrons. The Morgan fingerprint density at radius 2 is 1.66 bits per heavy atom. The number of nitrogen functional groups attached to an aromatic ring is 1. The molecular weight excluding hydrogens is 686 g/mol. The summed E-state index contributed by atoms with van der Waals surface area (Å²) >= 11 is 9.31. The lowest BCUT2D eigenvalue weighted by Crippen LogP contribution is -2.32. The fourth-order valence-electron chi connectivity index (χ4n) is 5.76. The molecule has 1 fully saturated rings. The molecule has 47 heavy (non-hydrogen) atoms. The lowest BCUT2D eigenvalue weighted by molar-refractivity contribution is -0.142. The van der Waals surface area contributed by atoms with Crippen LogP contribution in [0.15, 0.2) is 65.1 Å². The molecule has 1 aromatic heterocycles. The Balaban J connectivity index is 0.000000217. The highest BCUT2D eigenvalue weighted by Crippen LogP contribution is 2.30. The second kappa shape index (κ2) is 16.8. The molecule has 2 N–H and O–H groups in total. The number of rotatable bonds is 10. The third-order valence-corrected chi connectivity index (χ3v) is 9.09. The molecule has 250 valence electrons. The molecule has 1 heterocycles. The number of carbonyl (C=O) groups excluding carboxylic acids is 3. The number of fused-ring (bicyclic) bond motifs is 1. The number of esters is 2. The highest BCUT2D eigenvalue weighted by molar-refractivity contribution is 9.10. The fraction of sp³-hybridized carbons (Fsp3) is 0.361. The molecule has 4 aromatic rings. The average Bonchev–Trinajstić information content (AvgIpc) is 3.71. The number of nitrogens with two attached hydrogens (primary N) is 1. The van der Waals surface area contributed by atoms with Crippen molar-refractivity contribution in [2.45, 2.75) is 59.0 Å². The van der Waals surface area contributed by atoms with E-state index in [0.29, 0.717) is 38.9 Å². The molecular formula is C36H41BrClN3O6. The minimum atomic E-state index is -0.456. The van der Waals surface area contributed by atoms with Crippen molar-refractivity contribution in [2.75, 3.05) is 32.6 Å². The van der Waals surface area contributed by atoms with Gasteiger partial charge in [-0.25, -0.2) is 4.79 Å². The van der Waals surface area contributed by atoms with Crippen LogP contribution in [0.5, 0.6) is 5.75 Å². The maximum atomic E-state index is 12.7. The van der Waals surface area contributed by atoms with Crippen LogP contribution in [0.4, 0.5) is 5.69 Å². The van der Waals surface area contributed by atoms with Crippen LogP contribution in [0.25, 0.3) is 10.9 Å². The second-order valence-corrected chi connectivity index (χ2v) is 12.7. The molecule has 0 amide bonds. The molecule has 9 nitrogen and oxygen atoms in total. The third kappa shape index (κ3) is 9.37. The summed E-state index contributed by atoms with van der Waals surface area (Å²) in [5, 5.41) is 1.60. The molecule has 0 saturated heterocycles. The topological polar surface area (TPSA) is 113 Å². The molecule has 0 unspecified atom stereocenters. The summed E-state index contributed by atoms with van der Waals surface area (Å²) in [4.78, 5) is 38.1. The lowest BCUT2D eigenvalue weighted by atomic mass is 10.1. The van der Waals surface area contributed by atoms with Crippen LogP contribution >= 0.6 is 27.5 Å². The molecule has 5 rings (SSSR count). The Bertz CT molecular complexity index is 1720. The average molecular weight is 727 g/mol. The van der Waals surface area contributed by atoms with E-state index in [1.54, 1.807) is 48.1 Å². The zero-order chi connectivity index (χ0) is 34.1. The van der Waals surface area contributed by atoms with Gasteiger partial charge in [0.1, 0.15) is 19.0 Å². The third-order valence-electron chi connectivity index (χ3n) is 8.18. The van der Waals surface area contributed by atoms with Crippen molar-refractivity contribution in [3.8, 4) is 5.75 Å². The van der Waals surface area contributed by atoms with Gasteiger partial charge in [-0.05, 0) is 108 Å². The first-order chi connectivity index (χ1) is 22.5. The Hall–Kier alpha value is -3.86. The Morgan fingerprint density at radius 1 is 0.979 bits per heavy atom. The molecule has 1 saturated carbocycles. The highest BCUT2D eigenvalue weighted by atomic mass is 79.9. The van der Waals surface area contributed by atoms with Crippen LogP contribution in [0.1, 0.15) is 71.5 Å². The van der Waals surface area contributed by atoms with Crippen LogP contribution in [-0.2, 0) is 20.8 Å². The van der Waals surface area contributed by atoms with Crippen molar-refractivity contribution in [3.05, 3.63) is 92.5 Å². The van der Waals surface area contributed by atoms with Gasteiger partial charge < -0.3 is 19.9 Å². The summed E-state index contributed by atoms with van der Waals surface area (Å²) < 4.78 is 17.5. The van der Waals surface area contributed by atoms with E-state index < -0.39 is 11.9 Å². The van der Waals surface area contributed by atoms with Gasteiger partial charge in [-0.2, -0.15) is 0 Å². The largest absolute Gasteiger partial charge is 0.497 e. The summed E-state index contributed by atoms with van der Waals surface area (Å²) in [5.41, 5.74) is 10.6. The van der Waals surface area contributed by atoms with E-state index in [4.69, 9.17) is 31.5 Å². The predicted molar refractivity (Wildman–Crippen MR) is 188 cm³/mol. The molecule has 1 aliphatic rings. The summed E-state index contributed by atoms with van der Waals surface area (Å²) in [6.45, 7) is 7.11. The van der Waals surface area contributed by atoms with Crippen LogP contribution < -0.4 is 10.5 Å². The highest BCUT2D eigenvalue weighted by Gasteiger charge is 2.23. The molecule has 0 atom stereocenters. The number of hydrogen-bond donors (Lipinski definition) is 1. The van der Waals surface area contributed by atoms with Crippen molar-refractivity contribution < 1.29 is 28.6 Å². The number of aromatic nitrogens is 1. The maximum Gasteiger partial charge on any atom is 0.338 e. The lowest BCUT2D eigenvalue weighted by Gasteiger charge is -2.28. The zero-order valence-electron chi connectivity index (χ0n) is 27.2. The number of hydrogen-bond acceptors (Lipinski definition) is 8. The zero-order valence-corrected chi connectivity index (χ0v) is 29.5. The summed E-state index contributed by atoms with van der Waals surface area (Å²) in [7, 11) is 1.63. The first-order valence-corrected chi connectivity index (χ1v) is 16.8. The normalized spacial score (nSPS) is 12.9. The summed E-state index contributed by atoms with van der Waals surface area (Å²) in [6, 6.07) is 18.6. The number of ether oxygens (including phenoxy) is 3. The van der Waals surface area contributed by atoms with E-state index in [1.807, 2.05) is 31.2 Å². The van der Waals surface area contributed by atoms with Crippen molar-refractivity contribution in [3.63, 3.8) is 0 Å². The van der Waals surface area contributed by atoms with E-state index in [2.05, 4.69) is 27.8 Å². The quantitative estimate of drug-likeness (QED) is 0.100. The first kappa shape index (κ1) is 36.0. The van der Waals surface area contributed by atoms with Gasteiger partial charge in [0.2, 0.25) is 0 Å². The second-order valence-electron chi connectivity index (χ2n) is 11.4. The number of aryl methyl sites for hydroxylation is 1. The number of methoxy groups -OCH3 is 1. The van der Waals surface area contributed by atoms with Crippen molar-refractivity contribution in [1.29, 1.82) is 0 Å². The Morgan fingerprint density at radius 3 is 2.30 bits per heavy atom. The fourth-order valence-corrected chi connectivity index (χ4v) is 6.39. The van der Waals surface area contributed by atoms with E-state index in [0.717, 1.165) is 34.5 Å². The van der Waals surface area contributed by atoms with E-state index in [9.17, 15) is 14.4 Å². The van der Waals surface area contributed by atoms with Gasteiger partial charge in [0.25, 0.3) is 5.91 Å². The SMILES string of the molecule is CCN(Cc1cc(C(=O)OCCOC(C)=O)cc(Br)c1N)C1CCCC1.COc1ccc2c(c1)cc(C)n2C(=O)c1ccc(Cl)cc1. The first-order valence-electron chi connectivity index (χ1n) is 15.6. The number of benzene rings is 3. The van der Waals surface area contributed by atoms with Gasteiger partial charge in [-0.3, -0.25) is 19.1 Å². The minimum Gasteiger partial charge on any atom is -0.497 e. The Kier molecular flexibility index (Phi) is 12.9. The number of nitrogens with zero attached hydrogens (tertiary/aromatic N) is 2. The minimum absolute atomic E-state index is 0.0267. The van der Waals surface area contributed by atoms with E-state index >= 15 is 0 Å². The van der Waals surface area contributed by atoms with Crippen molar-refractivity contribution in [1.82, 2.24) is 9.47 Å². The van der Waals surface area contributed by atoms with E-state index in [-0.39, 0.29) is 19.1 Å². The van der Waals surface area contributed by atoms with Crippen LogP contribution in [0, 0.1) is 6.92 Å². The number of anilines is 1. The predicted octanol–water partition coefficient (Wildman–Crippen LogP) is 7.82. The standard InChI is InChI=1S/C19H27BrN2O4.C17H14ClNO2/c1-3-22(16-6-4-5-7-16)12-15-10-14(11-17(20)18(15)21)19(24)26-9-8-25-13(2)23;1-11-9-13-10-15(21-2)7-8-16(13)19(11)17(20)12-3-5-14(18)6-4-12/h10-11,16H,3-9,12,21H2,1-2H3;3-10H,1-2H3. The van der Waals surface area contributed by atoms with Crippen LogP contribution in [0.3, 0.4) is 0 Å². The summed E-state index contributed by atoms with van der Waals surface area (Å²) in [5.74, 6) is -0.143. The van der Waals surface area contributed by atoms with Gasteiger partial charge in [0, 0.05) is 45.6 Å². The van der Waals surface area contributed by atoms with Crippen molar-refractivity contribution >= 4 is 62.0 Å². The molecule has 0 spiro atoms. The van der Waals surface area contributed by atoms with Gasteiger partial charge in [-0.15, -0.1) is 0 Å². The number of carbonyl (C=O) groups is 3. The number of halogens is 2. The smallest absolute Gasteiger partial charge is 0.338 e. The molecule has 3 aromatic carbocycles. The monoisotopic (exact) mass is 725 g/mol. The van der Waals surface area contributed by atoms with Gasteiger partial charge in [0.05, 0.1) is 23.9 Å². The Labute approximate surface area is 289 Å². The maximum absolute atomic E-state index is 12.7. The van der Waals surface area contributed by atoms with Crippen molar-refractivity contribution in [2.24, 2.45) is 0 Å². The molecule has 1 aliphatic carbocycles. The molecule has 0 aliphatic heterocycles. The van der Waals surface area contributed by atoms with Gasteiger partial charge in [0.15, 0.2) is 0 Å².